The van der Waals surface area contributed by atoms with Crippen LogP contribution in [0.4, 0.5) is 5.69 Å². The van der Waals surface area contributed by atoms with E-state index in [4.69, 9.17) is 4.74 Å². The number of hydrogen-bond acceptors (Lipinski definition) is 3. The number of anilines is 1. The molecule has 0 saturated carbocycles. The molecule has 0 aliphatic carbocycles. The third-order valence-electron chi connectivity index (χ3n) is 4.27. The standard InChI is InChI=1S/C19H24N2O/c1-22-19-11-3-2-7-16(19)14-21-17-9-6-8-15(13-17)18-10-4-5-12-20-18/h2-3,6-9,11,13,18,20-21H,4-5,10,12,14H2,1H3/t18-/m0/s1. The van der Waals surface area contributed by atoms with Gasteiger partial charge < -0.3 is 15.4 Å². The average molecular weight is 296 g/mol. The molecule has 3 nitrogen and oxygen atoms in total. The maximum atomic E-state index is 5.40. The van der Waals surface area contributed by atoms with E-state index in [1.807, 2.05) is 18.2 Å². The van der Waals surface area contributed by atoms with Crippen molar-refractivity contribution in [3.8, 4) is 5.75 Å². The van der Waals surface area contributed by atoms with Crippen LogP contribution in [0.2, 0.25) is 0 Å². The summed E-state index contributed by atoms with van der Waals surface area (Å²) in [7, 11) is 1.72. The zero-order valence-corrected chi connectivity index (χ0v) is 13.1. The van der Waals surface area contributed by atoms with Gasteiger partial charge in [0, 0.05) is 23.8 Å². The summed E-state index contributed by atoms with van der Waals surface area (Å²) in [5.74, 6) is 0.931. The smallest absolute Gasteiger partial charge is 0.123 e. The van der Waals surface area contributed by atoms with Crippen LogP contribution >= 0.6 is 0 Å². The number of piperidine rings is 1. The van der Waals surface area contributed by atoms with Crippen LogP contribution in [-0.4, -0.2) is 13.7 Å². The van der Waals surface area contributed by atoms with Gasteiger partial charge in [0.1, 0.15) is 5.75 Å². The Morgan fingerprint density at radius 1 is 1.14 bits per heavy atom. The maximum Gasteiger partial charge on any atom is 0.123 e. The van der Waals surface area contributed by atoms with Crippen molar-refractivity contribution in [2.24, 2.45) is 0 Å². The molecule has 0 aromatic heterocycles. The maximum absolute atomic E-state index is 5.40. The van der Waals surface area contributed by atoms with Crippen molar-refractivity contribution in [2.75, 3.05) is 19.0 Å². The second-order valence-electron chi connectivity index (χ2n) is 5.79. The predicted molar refractivity (Wildman–Crippen MR) is 91.4 cm³/mol. The van der Waals surface area contributed by atoms with Crippen LogP contribution < -0.4 is 15.4 Å². The molecule has 0 bridgehead atoms. The highest BCUT2D eigenvalue weighted by Crippen LogP contribution is 2.25. The van der Waals surface area contributed by atoms with Gasteiger partial charge in [-0.2, -0.15) is 0 Å². The second kappa shape index (κ2) is 7.32. The Hall–Kier alpha value is -2.00. The third kappa shape index (κ3) is 3.60. The van der Waals surface area contributed by atoms with Gasteiger partial charge in [0.15, 0.2) is 0 Å². The van der Waals surface area contributed by atoms with Crippen LogP contribution in [0.15, 0.2) is 48.5 Å². The second-order valence-corrected chi connectivity index (χ2v) is 5.79. The van der Waals surface area contributed by atoms with E-state index in [1.165, 1.54) is 30.4 Å². The first-order valence-electron chi connectivity index (χ1n) is 8.06. The van der Waals surface area contributed by atoms with Crippen LogP contribution in [0, 0.1) is 0 Å². The summed E-state index contributed by atoms with van der Waals surface area (Å²) in [6.45, 7) is 1.90. The zero-order valence-electron chi connectivity index (χ0n) is 13.1. The molecule has 0 spiro atoms. The largest absolute Gasteiger partial charge is 0.496 e. The minimum absolute atomic E-state index is 0.502. The minimum Gasteiger partial charge on any atom is -0.496 e. The molecule has 1 saturated heterocycles. The average Bonchev–Trinajstić information content (AvgIpc) is 2.61. The van der Waals surface area contributed by atoms with Gasteiger partial charge in [-0.25, -0.2) is 0 Å². The van der Waals surface area contributed by atoms with E-state index in [0.29, 0.717) is 6.04 Å². The minimum atomic E-state index is 0.502. The summed E-state index contributed by atoms with van der Waals surface area (Å²) < 4.78 is 5.40. The van der Waals surface area contributed by atoms with Crippen LogP contribution in [0.25, 0.3) is 0 Å². The van der Waals surface area contributed by atoms with E-state index in [-0.39, 0.29) is 0 Å². The molecule has 2 aromatic rings. The molecule has 1 atom stereocenters. The number of para-hydroxylation sites is 1. The van der Waals surface area contributed by atoms with Gasteiger partial charge in [-0.05, 0) is 43.1 Å². The van der Waals surface area contributed by atoms with E-state index in [0.717, 1.165) is 24.5 Å². The highest BCUT2D eigenvalue weighted by Gasteiger charge is 2.14. The number of benzene rings is 2. The van der Waals surface area contributed by atoms with Gasteiger partial charge in [-0.1, -0.05) is 36.8 Å². The van der Waals surface area contributed by atoms with Crippen LogP contribution in [0.5, 0.6) is 5.75 Å². The van der Waals surface area contributed by atoms with Crippen LogP contribution in [-0.2, 0) is 6.54 Å². The highest BCUT2D eigenvalue weighted by atomic mass is 16.5. The van der Waals surface area contributed by atoms with Crippen molar-refractivity contribution < 1.29 is 4.74 Å². The van der Waals surface area contributed by atoms with Gasteiger partial charge in [0.2, 0.25) is 0 Å². The Morgan fingerprint density at radius 2 is 2.05 bits per heavy atom. The van der Waals surface area contributed by atoms with Crippen LogP contribution in [0.3, 0.4) is 0 Å². The Balaban J connectivity index is 1.67. The SMILES string of the molecule is COc1ccccc1CNc1cccc([C@@H]2CCCCN2)c1. The molecule has 2 N–H and O–H groups in total. The molecule has 1 aliphatic rings. The molecule has 0 radical (unpaired) electrons. The number of hydrogen-bond donors (Lipinski definition) is 2. The van der Waals surface area contributed by atoms with E-state index in [1.54, 1.807) is 7.11 Å². The molecule has 3 heteroatoms. The Labute approximate surface area is 132 Å². The molecule has 0 unspecified atom stereocenters. The lowest BCUT2D eigenvalue weighted by Crippen LogP contribution is -2.26. The lowest BCUT2D eigenvalue weighted by molar-refractivity contribution is 0.410. The van der Waals surface area contributed by atoms with E-state index < -0.39 is 0 Å². The fraction of sp³-hybridized carbons (Fsp3) is 0.368. The van der Waals surface area contributed by atoms with Gasteiger partial charge in [-0.15, -0.1) is 0 Å². The Kier molecular flexibility index (Phi) is 4.96. The fourth-order valence-corrected chi connectivity index (χ4v) is 3.05. The summed E-state index contributed by atoms with van der Waals surface area (Å²) in [5, 5.41) is 7.11. The quantitative estimate of drug-likeness (QED) is 0.870. The number of nitrogens with one attached hydrogen (secondary N) is 2. The van der Waals surface area contributed by atoms with E-state index in [9.17, 15) is 0 Å². The van der Waals surface area contributed by atoms with Crippen molar-refractivity contribution in [1.29, 1.82) is 0 Å². The van der Waals surface area contributed by atoms with Crippen molar-refractivity contribution in [1.82, 2.24) is 5.32 Å². The number of ether oxygens (including phenoxy) is 1. The topological polar surface area (TPSA) is 33.3 Å². The van der Waals surface area contributed by atoms with Crippen molar-refractivity contribution in [3.05, 3.63) is 59.7 Å². The normalized spacial score (nSPS) is 18.0. The zero-order chi connectivity index (χ0) is 15.2. The first kappa shape index (κ1) is 14.9. The van der Waals surface area contributed by atoms with Crippen molar-refractivity contribution in [2.45, 2.75) is 31.8 Å². The highest BCUT2D eigenvalue weighted by molar-refractivity contribution is 5.48. The lowest BCUT2D eigenvalue weighted by atomic mass is 9.97. The Bertz CT molecular complexity index is 606. The number of methoxy groups -OCH3 is 1. The fourth-order valence-electron chi connectivity index (χ4n) is 3.05. The summed E-state index contributed by atoms with van der Waals surface area (Å²) >= 11 is 0. The molecule has 0 amide bonds. The van der Waals surface area contributed by atoms with Crippen LogP contribution in [0.1, 0.15) is 36.4 Å². The summed E-state index contributed by atoms with van der Waals surface area (Å²) in [6.07, 6.45) is 3.84. The molecule has 3 rings (SSSR count). The van der Waals surface area contributed by atoms with Crippen molar-refractivity contribution in [3.63, 3.8) is 0 Å². The van der Waals surface area contributed by atoms with Crippen molar-refractivity contribution >= 4 is 5.69 Å². The van der Waals surface area contributed by atoms with E-state index >= 15 is 0 Å². The summed E-state index contributed by atoms with van der Waals surface area (Å²) in [4.78, 5) is 0. The first-order valence-corrected chi connectivity index (χ1v) is 8.06. The summed E-state index contributed by atoms with van der Waals surface area (Å²) in [5.41, 5.74) is 3.71. The van der Waals surface area contributed by atoms with Gasteiger partial charge in [0.25, 0.3) is 0 Å². The molecule has 1 fully saturated rings. The molecular weight excluding hydrogens is 272 g/mol. The molecule has 1 heterocycles. The molecule has 22 heavy (non-hydrogen) atoms. The van der Waals surface area contributed by atoms with Gasteiger partial charge in [-0.3, -0.25) is 0 Å². The summed E-state index contributed by atoms with van der Waals surface area (Å²) in [6, 6.07) is 17.4. The molecule has 116 valence electrons. The number of rotatable bonds is 5. The molecular formula is C19H24N2O. The first-order chi connectivity index (χ1) is 10.9. The predicted octanol–water partition coefficient (Wildman–Crippen LogP) is 4.12. The van der Waals surface area contributed by atoms with E-state index in [2.05, 4.69) is 41.0 Å². The lowest BCUT2D eigenvalue weighted by Gasteiger charge is -2.24. The van der Waals surface area contributed by atoms with Gasteiger partial charge >= 0.3 is 0 Å². The third-order valence-corrected chi connectivity index (χ3v) is 4.27. The molecule has 2 aromatic carbocycles. The Morgan fingerprint density at radius 3 is 2.86 bits per heavy atom. The molecule has 1 aliphatic heterocycles. The van der Waals surface area contributed by atoms with Gasteiger partial charge in [0.05, 0.1) is 7.11 Å². The monoisotopic (exact) mass is 296 g/mol.